The first kappa shape index (κ1) is 28.9. The maximum absolute atomic E-state index is 12.7. The number of nitrogens with one attached hydrogen (secondary N) is 2. The first-order valence-electron chi connectivity index (χ1n) is 11.9. The number of benzene rings is 3. The van der Waals surface area contributed by atoms with Gasteiger partial charge in [0.1, 0.15) is 0 Å². The molecule has 2 amide bonds. The topological polar surface area (TPSA) is 159 Å². The van der Waals surface area contributed by atoms with Crippen molar-refractivity contribution < 1.29 is 38.9 Å². The van der Waals surface area contributed by atoms with E-state index in [1.165, 1.54) is 11.8 Å². The van der Waals surface area contributed by atoms with Crippen molar-refractivity contribution in [1.29, 1.82) is 0 Å². The maximum Gasteiger partial charge on any atom is 0.338 e. The standard InChI is InChI=1S/C28H26N2O8S/c1-2-3-13-38-28(37)17-7-10-19(11-8-17)29-24(31)16-39-21-6-4-5-20(15-21)30-25(32)22-12-9-18(26(33)34)14-23(22)27(35)36/h4-12,14-15H,2-3,13,16H2,1H3,(H,29,31)(H,30,32)(H,33,34)(H,35,36). The fourth-order valence-corrected chi connectivity index (χ4v) is 4.10. The van der Waals surface area contributed by atoms with Crippen molar-refractivity contribution in [2.75, 3.05) is 23.0 Å². The Hall–Kier alpha value is -4.64. The van der Waals surface area contributed by atoms with Gasteiger partial charge in [-0.2, -0.15) is 0 Å². The highest BCUT2D eigenvalue weighted by Gasteiger charge is 2.19. The number of anilines is 2. The Kier molecular flexibility index (Phi) is 10.2. The van der Waals surface area contributed by atoms with Crippen LogP contribution >= 0.6 is 11.8 Å². The van der Waals surface area contributed by atoms with Crippen molar-refractivity contribution in [3.05, 3.63) is 89.0 Å². The van der Waals surface area contributed by atoms with Crippen molar-refractivity contribution in [2.24, 2.45) is 0 Å². The quantitative estimate of drug-likeness (QED) is 0.138. The van der Waals surface area contributed by atoms with Crippen molar-refractivity contribution in [3.63, 3.8) is 0 Å². The van der Waals surface area contributed by atoms with E-state index in [2.05, 4.69) is 10.6 Å². The Labute approximate surface area is 228 Å². The second kappa shape index (κ2) is 13.8. The number of ether oxygens (including phenoxy) is 1. The molecule has 0 spiro atoms. The molecule has 0 unspecified atom stereocenters. The third kappa shape index (κ3) is 8.44. The van der Waals surface area contributed by atoms with Crippen LogP contribution in [0.1, 0.15) is 61.2 Å². The summed E-state index contributed by atoms with van der Waals surface area (Å²) in [6.45, 7) is 2.36. The number of hydrogen-bond donors (Lipinski definition) is 4. The number of esters is 1. The third-order valence-corrected chi connectivity index (χ3v) is 6.33. The maximum atomic E-state index is 12.7. The minimum Gasteiger partial charge on any atom is -0.478 e. The lowest BCUT2D eigenvalue weighted by atomic mass is 10.0. The van der Waals surface area contributed by atoms with Crippen LogP contribution in [0, 0.1) is 0 Å². The molecule has 202 valence electrons. The normalized spacial score (nSPS) is 10.4. The fraction of sp³-hybridized carbons (Fsp3) is 0.179. The zero-order valence-electron chi connectivity index (χ0n) is 20.9. The van der Waals surface area contributed by atoms with Crippen LogP contribution in [0.3, 0.4) is 0 Å². The minimum atomic E-state index is -1.43. The van der Waals surface area contributed by atoms with E-state index in [-0.39, 0.29) is 22.8 Å². The molecule has 11 heteroatoms. The highest BCUT2D eigenvalue weighted by atomic mass is 32.2. The Balaban J connectivity index is 1.57. The highest BCUT2D eigenvalue weighted by Crippen LogP contribution is 2.23. The number of amides is 2. The number of hydrogen-bond acceptors (Lipinski definition) is 7. The first-order valence-corrected chi connectivity index (χ1v) is 12.9. The zero-order chi connectivity index (χ0) is 28.4. The van der Waals surface area contributed by atoms with E-state index in [0.717, 1.165) is 31.0 Å². The van der Waals surface area contributed by atoms with Gasteiger partial charge in [-0.25, -0.2) is 14.4 Å². The van der Waals surface area contributed by atoms with Crippen LogP contribution in [-0.4, -0.2) is 52.3 Å². The fourth-order valence-electron chi connectivity index (χ4n) is 3.34. The Morgan fingerprint density at radius 2 is 1.51 bits per heavy atom. The summed E-state index contributed by atoms with van der Waals surface area (Å²) < 4.78 is 5.16. The summed E-state index contributed by atoms with van der Waals surface area (Å²) in [7, 11) is 0. The van der Waals surface area contributed by atoms with Crippen LogP contribution in [-0.2, 0) is 9.53 Å². The second-order valence-corrected chi connectivity index (χ2v) is 9.31. The largest absolute Gasteiger partial charge is 0.478 e. The summed E-state index contributed by atoms with van der Waals surface area (Å²) in [5.74, 6) is -4.09. The van der Waals surface area contributed by atoms with Crippen LogP contribution in [0.2, 0.25) is 0 Å². The van der Waals surface area contributed by atoms with E-state index in [9.17, 15) is 29.1 Å². The number of carboxylic acid groups (broad SMARTS) is 2. The summed E-state index contributed by atoms with van der Waals surface area (Å²) in [6.07, 6.45) is 1.72. The average molecular weight is 551 g/mol. The SMILES string of the molecule is CCCCOC(=O)c1ccc(NC(=O)CSc2cccc(NC(=O)c3ccc(C(=O)O)cc3C(=O)O)c2)cc1. The van der Waals surface area contributed by atoms with E-state index < -0.39 is 29.4 Å². The van der Waals surface area contributed by atoms with Gasteiger partial charge in [-0.05, 0) is 67.1 Å². The van der Waals surface area contributed by atoms with E-state index in [0.29, 0.717) is 28.4 Å². The van der Waals surface area contributed by atoms with Crippen molar-refractivity contribution in [3.8, 4) is 0 Å². The van der Waals surface area contributed by atoms with Crippen molar-refractivity contribution >= 4 is 52.9 Å². The number of aromatic carboxylic acids is 2. The zero-order valence-corrected chi connectivity index (χ0v) is 21.7. The molecule has 0 heterocycles. The summed E-state index contributed by atoms with van der Waals surface area (Å²) >= 11 is 1.22. The monoisotopic (exact) mass is 550 g/mol. The Morgan fingerprint density at radius 3 is 2.18 bits per heavy atom. The summed E-state index contributed by atoms with van der Waals surface area (Å²) in [6, 6.07) is 16.3. The van der Waals surface area contributed by atoms with Gasteiger partial charge in [-0.15, -0.1) is 11.8 Å². The lowest BCUT2D eigenvalue weighted by Gasteiger charge is -2.10. The van der Waals surface area contributed by atoms with Gasteiger partial charge in [0.05, 0.1) is 34.6 Å². The number of carboxylic acids is 2. The third-order valence-electron chi connectivity index (χ3n) is 5.34. The summed E-state index contributed by atoms with van der Waals surface area (Å²) in [5.41, 5.74) is 0.411. The second-order valence-electron chi connectivity index (χ2n) is 8.26. The van der Waals surface area contributed by atoms with E-state index >= 15 is 0 Å². The Bertz CT molecular complexity index is 1390. The number of rotatable bonds is 12. The molecule has 0 aliphatic rings. The lowest BCUT2D eigenvalue weighted by Crippen LogP contribution is -2.17. The van der Waals surface area contributed by atoms with Gasteiger partial charge in [0.2, 0.25) is 5.91 Å². The molecule has 0 aliphatic heterocycles. The van der Waals surface area contributed by atoms with Gasteiger partial charge >= 0.3 is 17.9 Å². The highest BCUT2D eigenvalue weighted by molar-refractivity contribution is 8.00. The van der Waals surface area contributed by atoms with Crippen LogP contribution in [0.4, 0.5) is 11.4 Å². The first-order chi connectivity index (χ1) is 18.7. The van der Waals surface area contributed by atoms with Gasteiger partial charge in [0, 0.05) is 16.3 Å². The molecular weight excluding hydrogens is 524 g/mol. The molecule has 4 N–H and O–H groups in total. The average Bonchev–Trinajstić information content (AvgIpc) is 2.92. The van der Waals surface area contributed by atoms with Gasteiger partial charge in [0.15, 0.2) is 0 Å². The smallest absolute Gasteiger partial charge is 0.338 e. The number of unbranched alkanes of at least 4 members (excludes halogenated alkanes) is 1. The van der Waals surface area contributed by atoms with Crippen molar-refractivity contribution in [1.82, 2.24) is 0 Å². The van der Waals surface area contributed by atoms with E-state index in [4.69, 9.17) is 9.84 Å². The van der Waals surface area contributed by atoms with Crippen LogP contribution < -0.4 is 10.6 Å². The lowest BCUT2D eigenvalue weighted by molar-refractivity contribution is -0.113. The molecule has 3 aromatic carbocycles. The van der Waals surface area contributed by atoms with Crippen LogP contribution in [0.25, 0.3) is 0 Å². The Morgan fingerprint density at radius 1 is 0.795 bits per heavy atom. The molecule has 0 radical (unpaired) electrons. The van der Waals surface area contributed by atoms with Gasteiger partial charge < -0.3 is 25.6 Å². The van der Waals surface area contributed by atoms with Gasteiger partial charge in [0.25, 0.3) is 5.91 Å². The van der Waals surface area contributed by atoms with E-state index in [1.807, 2.05) is 6.92 Å². The summed E-state index contributed by atoms with van der Waals surface area (Å²) in [5, 5.41) is 23.8. The van der Waals surface area contributed by atoms with Gasteiger partial charge in [-0.1, -0.05) is 19.4 Å². The molecule has 0 atom stereocenters. The number of carbonyl (C=O) groups is 5. The molecule has 10 nitrogen and oxygen atoms in total. The number of carbonyl (C=O) groups excluding carboxylic acids is 3. The molecule has 3 aromatic rings. The minimum absolute atomic E-state index is 0.0675. The molecule has 0 aliphatic carbocycles. The predicted molar refractivity (Wildman–Crippen MR) is 146 cm³/mol. The van der Waals surface area contributed by atoms with Gasteiger partial charge in [-0.3, -0.25) is 9.59 Å². The molecule has 3 rings (SSSR count). The van der Waals surface area contributed by atoms with Crippen LogP contribution in [0.15, 0.2) is 71.6 Å². The molecule has 0 aromatic heterocycles. The predicted octanol–water partition coefficient (Wildman–Crippen LogP) is 5.02. The van der Waals surface area contributed by atoms with Crippen LogP contribution in [0.5, 0.6) is 0 Å². The molecule has 39 heavy (non-hydrogen) atoms. The number of thioether (sulfide) groups is 1. The van der Waals surface area contributed by atoms with Crippen molar-refractivity contribution in [2.45, 2.75) is 24.7 Å². The molecular formula is C28H26N2O8S. The molecule has 0 saturated carbocycles. The molecule has 0 saturated heterocycles. The summed E-state index contributed by atoms with van der Waals surface area (Å²) in [4.78, 5) is 60.5. The molecule has 0 bridgehead atoms. The molecule has 0 fully saturated rings. The van der Waals surface area contributed by atoms with E-state index in [1.54, 1.807) is 48.5 Å².